The highest BCUT2D eigenvalue weighted by Crippen LogP contribution is 2.29. The van der Waals surface area contributed by atoms with Gasteiger partial charge in [0.05, 0.1) is 23.7 Å². The first kappa shape index (κ1) is 21.4. The number of thiazole rings is 1. The van der Waals surface area contributed by atoms with Gasteiger partial charge in [-0.05, 0) is 61.0 Å². The summed E-state index contributed by atoms with van der Waals surface area (Å²) in [6.45, 7) is 1.98. The Morgan fingerprint density at radius 3 is 2.67 bits per heavy atom. The molecule has 0 aliphatic rings. The maximum Gasteiger partial charge on any atom is 0.267 e. The number of benzene rings is 2. The van der Waals surface area contributed by atoms with Crippen molar-refractivity contribution < 1.29 is 4.74 Å². The third kappa shape index (κ3) is 4.40. The van der Waals surface area contributed by atoms with Crippen molar-refractivity contribution in [2.24, 2.45) is 0 Å². The highest BCUT2D eigenvalue weighted by atomic mass is 32.2. The van der Waals surface area contributed by atoms with Crippen LogP contribution in [0.4, 0.5) is 0 Å². The summed E-state index contributed by atoms with van der Waals surface area (Å²) in [4.78, 5) is 27.4. The lowest BCUT2D eigenvalue weighted by atomic mass is 10.2. The van der Waals surface area contributed by atoms with Crippen LogP contribution in [0.5, 0.6) is 5.75 Å². The minimum Gasteiger partial charge on any atom is -0.497 e. The van der Waals surface area contributed by atoms with E-state index in [9.17, 15) is 4.79 Å². The molecule has 3 heterocycles. The molecule has 0 spiro atoms. The van der Waals surface area contributed by atoms with E-state index in [0.29, 0.717) is 27.6 Å². The average molecular weight is 473 g/mol. The maximum absolute atomic E-state index is 13.4. The summed E-state index contributed by atoms with van der Waals surface area (Å²) in [7, 11) is 1.65. The van der Waals surface area contributed by atoms with E-state index in [1.807, 2.05) is 66.9 Å². The van der Waals surface area contributed by atoms with Gasteiger partial charge in [0.15, 0.2) is 5.16 Å². The molecule has 164 valence electrons. The van der Waals surface area contributed by atoms with E-state index in [4.69, 9.17) is 14.7 Å². The second-order valence-electron chi connectivity index (χ2n) is 7.40. The van der Waals surface area contributed by atoms with Crippen LogP contribution in [0.1, 0.15) is 11.3 Å². The fourth-order valence-corrected chi connectivity index (χ4v) is 5.26. The smallest absolute Gasteiger partial charge is 0.267 e. The molecule has 0 saturated heterocycles. The van der Waals surface area contributed by atoms with E-state index in [0.717, 1.165) is 27.6 Å². The zero-order valence-electron chi connectivity index (χ0n) is 18.1. The number of rotatable bonds is 6. The highest BCUT2D eigenvalue weighted by molar-refractivity contribution is 7.98. The Morgan fingerprint density at radius 1 is 1.06 bits per heavy atom. The van der Waals surface area contributed by atoms with Gasteiger partial charge in [-0.3, -0.25) is 4.79 Å². The molecule has 0 aliphatic carbocycles. The maximum atomic E-state index is 13.4. The predicted octanol–water partition coefficient (Wildman–Crippen LogP) is 5.51. The van der Waals surface area contributed by atoms with Crippen LogP contribution in [0.3, 0.4) is 0 Å². The van der Waals surface area contributed by atoms with E-state index in [-0.39, 0.29) is 5.56 Å². The molecule has 5 rings (SSSR count). The van der Waals surface area contributed by atoms with Gasteiger partial charge in [-0.25, -0.2) is 19.5 Å². The van der Waals surface area contributed by atoms with Crippen molar-refractivity contribution in [1.29, 1.82) is 0 Å². The summed E-state index contributed by atoms with van der Waals surface area (Å²) in [5, 5.41) is 4.15. The molecule has 0 fully saturated rings. The Hall–Kier alpha value is -3.49. The number of aromatic nitrogens is 4. The van der Waals surface area contributed by atoms with Crippen LogP contribution in [0.15, 0.2) is 82.2 Å². The first-order chi connectivity index (χ1) is 16.1. The van der Waals surface area contributed by atoms with Gasteiger partial charge in [0.1, 0.15) is 16.6 Å². The minimum absolute atomic E-state index is 0.126. The molecular formula is C25H20N4O2S2. The van der Waals surface area contributed by atoms with Crippen molar-refractivity contribution in [1.82, 2.24) is 19.5 Å². The van der Waals surface area contributed by atoms with E-state index in [2.05, 4.69) is 4.98 Å². The fraction of sp³-hybridized carbons (Fsp3) is 0.120. The first-order valence-corrected chi connectivity index (χ1v) is 12.2. The van der Waals surface area contributed by atoms with Gasteiger partial charge in [0.25, 0.3) is 5.56 Å². The molecule has 8 heteroatoms. The van der Waals surface area contributed by atoms with E-state index in [1.165, 1.54) is 11.8 Å². The monoisotopic (exact) mass is 472 g/mol. The largest absolute Gasteiger partial charge is 0.497 e. The molecule has 0 amide bonds. The number of hydrogen-bond donors (Lipinski definition) is 0. The van der Waals surface area contributed by atoms with Gasteiger partial charge in [0, 0.05) is 22.9 Å². The molecule has 0 aliphatic heterocycles. The van der Waals surface area contributed by atoms with Crippen LogP contribution in [0, 0.1) is 6.92 Å². The quantitative estimate of drug-likeness (QED) is 0.240. The van der Waals surface area contributed by atoms with Crippen molar-refractivity contribution in [3.8, 4) is 22.1 Å². The molecule has 3 aromatic heterocycles. The topological polar surface area (TPSA) is 69.9 Å². The van der Waals surface area contributed by atoms with Crippen molar-refractivity contribution in [3.63, 3.8) is 0 Å². The number of para-hydroxylation sites is 1. The van der Waals surface area contributed by atoms with Crippen LogP contribution in [-0.4, -0.2) is 26.6 Å². The minimum atomic E-state index is -0.126. The Balaban J connectivity index is 1.48. The van der Waals surface area contributed by atoms with Gasteiger partial charge in [-0.1, -0.05) is 23.9 Å². The Morgan fingerprint density at radius 2 is 1.88 bits per heavy atom. The van der Waals surface area contributed by atoms with Crippen LogP contribution in [0.2, 0.25) is 0 Å². The van der Waals surface area contributed by atoms with Crippen molar-refractivity contribution in [3.05, 3.63) is 93.9 Å². The lowest BCUT2D eigenvalue weighted by Gasteiger charge is -2.12. The number of nitrogens with zero attached hydrogens (tertiary/aromatic N) is 4. The summed E-state index contributed by atoms with van der Waals surface area (Å²) in [6.07, 6.45) is 1.71. The molecule has 5 aromatic rings. The van der Waals surface area contributed by atoms with Gasteiger partial charge in [-0.2, -0.15) is 0 Å². The number of aryl methyl sites for hydroxylation is 1. The van der Waals surface area contributed by atoms with Crippen molar-refractivity contribution in [2.75, 3.05) is 7.11 Å². The lowest BCUT2D eigenvalue weighted by molar-refractivity contribution is 0.415. The number of thioether (sulfide) groups is 1. The van der Waals surface area contributed by atoms with Crippen LogP contribution in [0.25, 0.3) is 27.3 Å². The molecule has 0 saturated carbocycles. The number of pyridine rings is 1. The second-order valence-corrected chi connectivity index (χ2v) is 9.21. The van der Waals surface area contributed by atoms with Crippen LogP contribution < -0.4 is 10.3 Å². The van der Waals surface area contributed by atoms with E-state index >= 15 is 0 Å². The summed E-state index contributed by atoms with van der Waals surface area (Å²) >= 11 is 3.07. The summed E-state index contributed by atoms with van der Waals surface area (Å²) in [6, 6.07) is 19.1. The molecule has 0 N–H and O–H groups in total. The number of hydrogen-bond acceptors (Lipinski definition) is 7. The van der Waals surface area contributed by atoms with Crippen molar-refractivity contribution >= 4 is 34.0 Å². The standard InChI is InChI=1S/C25H20N4O2S2/c1-16-11-12-26-22(13-16)29-24(30)20-5-3-4-6-21(20)28-25(29)33-15-18-14-32-23(27-18)17-7-9-19(31-2)10-8-17/h3-14H,15H2,1-2H3. The van der Waals surface area contributed by atoms with Gasteiger partial charge in [0.2, 0.25) is 0 Å². The Labute approximate surface area is 199 Å². The molecular weight excluding hydrogens is 452 g/mol. The SMILES string of the molecule is COc1ccc(-c2nc(CSc3nc4ccccc4c(=O)n3-c3cc(C)ccn3)cs2)cc1. The molecule has 2 aromatic carbocycles. The number of fused-ring (bicyclic) bond motifs is 1. The molecule has 33 heavy (non-hydrogen) atoms. The number of ether oxygens (including phenoxy) is 1. The Bertz CT molecular complexity index is 1490. The van der Waals surface area contributed by atoms with Gasteiger partial charge in [-0.15, -0.1) is 11.3 Å². The van der Waals surface area contributed by atoms with Crippen LogP contribution in [-0.2, 0) is 5.75 Å². The average Bonchev–Trinajstić information content (AvgIpc) is 3.32. The third-order valence-electron chi connectivity index (χ3n) is 5.11. The van der Waals surface area contributed by atoms with Gasteiger partial charge < -0.3 is 4.74 Å². The normalized spacial score (nSPS) is 11.1. The summed E-state index contributed by atoms with van der Waals surface area (Å²) < 4.78 is 6.83. The third-order valence-corrected chi connectivity index (χ3v) is 7.03. The number of methoxy groups -OCH3 is 1. The predicted molar refractivity (Wildman–Crippen MR) is 134 cm³/mol. The molecule has 6 nitrogen and oxygen atoms in total. The zero-order chi connectivity index (χ0) is 22.8. The van der Waals surface area contributed by atoms with Crippen molar-refractivity contribution in [2.45, 2.75) is 17.8 Å². The highest BCUT2D eigenvalue weighted by Gasteiger charge is 2.15. The van der Waals surface area contributed by atoms with Crippen LogP contribution >= 0.6 is 23.1 Å². The summed E-state index contributed by atoms with van der Waals surface area (Å²) in [5.41, 5.74) is 3.55. The molecule has 0 radical (unpaired) electrons. The first-order valence-electron chi connectivity index (χ1n) is 10.3. The second kappa shape index (κ2) is 9.17. The van der Waals surface area contributed by atoms with E-state index in [1.54, 1.807) is 35.3 Å². The zero-order valence-corrected chi connectivity index (χ0v) is 19.7. The molecule has 0 atom stereocenters. The Kier molecular flexibility index (Phi) is 5.93. The summed E-state index contributed by atoms with van der Waals surface area (Å²) in [5.74, 6) is 1.97. The molecule has 0 unspecified atom stereocenters. The lowest BCUT2D eigenvalue weighted by Crippen LogP contribution is -2.22. The van der Waals surface area contributed by atoms with E-state index < -0.39 is 0 Å². The fourth-order valence-electron chi connectivity index (χ4n) is 3.43. The molecule has 0 bridgehead atoms. The van der Waals surface area contributed by atoms with Gasteiger partial charge >= 0.3 is 0 Å².